The Morgan fingerprint density at radius 2 is 1.90 bits per heavy atom. The standard InChI is InChI=1S/C21H39N7O2/c1-18-24-25-20(27(18)3)17-23-21(22-8-4-9-28-11-15-30-16-12-28)26(2)10-5-19-6-13-29-14-7-19/h19H,4-17H2,1-3H3,(H,22,23). The van der Waals surface area contributed by atoms with Crippen molar-refractivity contribution < 1.29 is 9.47 Å². The Kier molecular flexibility index (Phi) is 9.35. The molecule has 30 heavy (non-hydrogen) atoms. The van der Waals surface area contributed by atoms with Gasteiger partial charge in [-0.25, -0.2) is 4.99 Å². The van der Waals surface area contributed by atoms with Gasteiger partial charge in [-0.2, -0.15) is 0 Å². The maximum atomic E-state index is 5.49. The first kappa shape index (κ1) is 23.0. The molecule has 170 valence electrons. The lowest BCUT2D eigenvalue weighted by atomic mass is 9.96. The highest BCUT2D eigenvalue weighted by atomic mass is 16.5. The molecule has 2 aliphatic heterocycles. The van der Waals surface area contributed by atoms with E-state index in [-0.39, 0.29) is 0 Å². The van der Waals surface area contributed by atoms with Crippen LogP contribution in [0.15, 0.2) is 4.99 Å². The van der Waals surface area contributed by atoms with Crippen molar-refractivity contribution in [1.29, 1.82) is 0 Å². The van der Waals surface area contributed by atoms with Gasteiger partial charge >= 0.3 is 0 Å². The zero-order valence-corrected chi connectivity index (χ0v) is 19.0. The Labute approximate surface area is 180 Å². The molecule has 0 bridgehead atoms. The third kappa shape index (κ3) is 7.21. The van der Waals surface area contributed by atoms with Crippen LogP contribution in [-0.4, -0.2) is 96.7 Å². The molecule has 0 radical (unpaired) electrons. The molecule has 1 aromatic heterocycles. The van der Waals surface area contributed by atoms with Crippen LogP contribution in [0.4, 0.5) is 0 Å². The fourth-order valence-electron chi connectivity index (χ4n) is 3.89. The third-order valence-electron chi connectivity index (χ3n) is 6.17. The SMILES string of the molecule is Cc1nnc(CN=C(NCCCN2CCOCC2)N(C)CCC2CCOCC2)n1C. The summed E-state index contributed by atoms with van der Waals surface area (Å²) in [6.45, 7) is 11.1. The minimum Gasteiger partial charge on any atom is -0.381 e. The summed E-state index contributed by atoms with van der Waals surface area (Å²) in [5.41, 5.74) is 0. The molecule has 0 spiro atoms. The van der Waals surface area contributed by atoms with Crippen LogP contribution < -0.4 is 5.32 Å². The maximum Gasteiger partial charge on any atom is 0.194 e. The first-order valence-corrected chi connectivity index (χ1v) is 11.4. The summed E-state index contributed by atoms with van der Waals surface area (Å²) < 4.78 is 12.9. The van der Waals surface area contributed by atoms with Crippen LogP contribution in [0.5, 0.6) is 0 Å². The number of nitrogens with one attached hydrogen (secondary N) is 1. The first-order chi connectivity index (χ1) is 14.6. The van der Waals surface area contributed by atoms with Gasteiger partial charge in [-0.1, -0.05) is 0 Å². The molecule has 0 amide bonds. The van der Waals surface area contributed by atoms with Gasteiger partial charge in [0.1, 0.15) is 12.4 Å². The average molecular weight is 422 g/mol. The summed E-state index contributed by atoms with van der Waals surface area (Å²) in [4.78, 5) is 9.59. The van der Waals surface area contributed by atoms with Crippen LogP contribution >= 0.6 is 0 Å². The minimum atomic E-state index is 0.532. The van der Waals surface area contributed by atoms with Gasteiger partial charge < -0.3 is 24.3 Å². The number of nitrogens with zero attached hydrogens (tertiary/aromatic N) is 6. The molecule has 2 saturated heterocycles. The van der Waals surface area contributed by atoms with Crippen LogP contribution in [0.1, 0.15) is 37.3 Å². The van der Waals surface area contributed by atoms with Crippen molar-refractivity contribution >= 4 is 5.96 Å². The monoisotopic (exact) mass is 421 g/mol. The van der Waals surface area contributed by atoms with Gasteiger partial charge in [0.15, 0.2) is 11.8 Å². The smallest absolute Gasteiger partial charge is 0.194 e. The fraction of sp³-hybridized carbons (Fsp3) is 0.857. The molecule has 9 nitrogen and oxygen atoms in total. The number of hydrogen-bond donors (Lipinski definition) is 1. The molecular formula is C21H39N7O2. The van der Waals surface area contributed by atoms with Crippen molar-refractivity contribution in [3.63, 3.8) is 0 Å². The summed E-state index contributed by atoms with van der Waals surface area (Å²) in [5.74, 6) is 3.50. The van der Waals surface area contributed by atoms with Crippen LogP contribution in [0.25, 0.3) is 0 Å². The van der Waals surface area contributed by atoms with Gasteiger partial charge in [-0.3, -0.25) is 4.90 Å². The number of guanidine groups is 1. The van der Waals surface area contributed by atoms with Crippen molar-refractivity contribution in [3.8, 4) is 0 Å². The van der Waals surface area contributed by atoms with Crippen LogP contribution in [0.2, 0.25) is 0 Å². The second-order valence-corrected chi connectivity index (χ2v) is 8.36. The van der Waals surface area contributed by atoms with E-state index in [2.05, 4.69) is 32.4 Å². The van der Waals surface area contributed by atoms with E-state index in [9.17, 15) is 0 Å². The van der Waals surface area contributed by atoms with Gasteiger partial charge in [0.05, 0.1) is 13.2 Å². The van der Waals surface area contributed by atoms with Gasteiger partial charge in [-0.15, -0.1) is 10.2 Å². The minimum absolute atomic E-state index is 0.532. The van der Waals surface area contributed by atoms with Crippen molar-refractivity contribution in [3.05, 3.63) is 11.6 Å². The van der Waals surface area contributed by atoms with E-state index in [1.807, 2.05) is 18.5 Å². The lowest BCUT2D eigenvalue weighted by molar-refractivity contribution is 0.0375. The molecule has 0 saturated carbocycles. The Bertz CT molecular complexity index is 652. The second-order valence-electron chi connectivity index (χ2n) is 8.36. The third-order valence-corrected chi connectivity index (χ3v) is 6.17. The van der Waals surface area contributed by atoms with E-state index in [4.69, 9.17) is 14.5 Å². The highest BCUT2D eigenvalue weighted by Crippen LogP contribution is 2.18. The Morgan fingerprint density at radius 1 is 1.17 bits per heavy atom. The average Bonchev–Trinajstić information content (AvgIpc) is 3.10. The number of aliphatic imine (C=N–C) groups is 1. The van der Waals surface area contributed by atoms with Crippen molar-refractivity contribution in [2.75, 3.05) is 66.2 Å². The molecule has 2 fully saturated rings. The quantitative estimate of drug-likeness (QED) is 0.362. The van der Waals surface area contributed by atoms with Gasteiger partial charge in [0.2, 0.25) is 0 Å². The van der Waals surface area contributed by atoms with Crippen LogP contribution in [0, 0.1) is 12.8 Å². The van der Waals surface area contributed by atoms with E-state index in [1.54, 1.807) is 0 Å². The molecule has 1 N–H and O–H groups in total. The summed E-state index contributed by atoms with van der Waals surface area (Å²) in [5, 5.41) is 12.0. The Morgan fingerprint density at radius 3 is 2.60 bits per heavy atom. The molecule has 3 rings (SSSR count). The van der Waals surface area contributed by atoms with Gasteiger partial charge in [-0.05, 0) is 45.1 Å². The molecule has 2 aliphatic rings. The number of morpholine rings is 1. The summed E-state index contributed by atoms with van der Waals surface area (Å²) in [7, 11) is 4.12. The van der Waals surface area contributed by atoms with Crippen molar-refractivity contribution in [2.45, 2.75) is 39.2 Å². The fourth-order valence-corrected chi connectivity index (χ4v) is 3.89. The number of aryl methyl sites for hydroxylation is 1. The van der Waals surface area contributed by atoms with Gasteiger partial charge in [0, 0.05) is 53.5 Å². The summed E-state index contributed by atoms with van der Waals surface area (Å²) >= 11 is 0. The number of hydrogen-bond acceptors (Lipinski definition) is 6. The lowest BCUT2D eigenvalue weighted by Crippen LogP contribution is -2.42. The highest BCUT2D eigenvalue weighted by Gasteiger charge is 2.16. The number of aromatic nitrogens is 3. The van der Waals surface area contributed by atoms with E-state index in [0.717, 1.165) is 89.1 Å². The zero-order valence-electron chi connectivity index (χ0n) is 19.0. The topological polar surface area (TPSA) is 80.0 Å². The molecule has 9 heteroatoms. The molecule has 1 aromatic rings. The summed E-state index contributed by atoms with van der Waals surface area (Å²) in [6, 6.07) is 0. The molecular weight excluding hydrogens is 382 g/mol. The van der Waals surface area contributed by atoms with Gasteiger partial charge in [0.25, 0.3) is 0 Å². The van der Waals surface area contributed by atoms with Crippen molar-refractivity contribution in [1.82, 2.24) is 29.9 Å². The van der Waals surface area contributed by atoms with Crippen molar-refractivity contribution in [2.24, 2.45) is 18.0 Å². The van der Waals surface area contributed by atoms with Crippen LogP contribution in [0.3, 0.4) is 0 Å². The predicted octanol–water partition coefficient (Wildman–Crippen LogP) is 1.04. The number of ether oxygens (including phenoxy) is 2. The summed E-state index contributed by atoms with van der Waals surface area (Å²) in [6.07, 6.45) is 4.62. The molecule has 0 aliphatic carbocycles. The molecule has 0 aromatic carbocycles. The zero-order chi connectivity index (χ0) is 21.2. The van der Waals surface area contributed by atoms with E-state index >= 15 is 0 Å². The van der Waals surface area contributed by atoms with Crippen LogP contribution in [-0.2, 0) is 23.1 Å². The van der Waals surface area contributed by atoms with E-state index in [0.29, 0.717) is 6.54 Å². The Balaban J connectivity index is 1.51. The molecule has 0 unspecified atom stereocenters. The van der Waals surface area contributed by atoms with E-state index in [1.165, 1.54) is 19.3 Å². The maximum absolute atomic E-state index is 5.49. The normalized spacial score (nSPS) is 19.2. The molecule has 3 heterocycles. The largest absolute Gasteiger partial charge is 0.381 e. The predicted molar refractivity (Wildman–Crippen MR) is 118 cm³/mol. The second kappa shape index (κ2) is 12.2. The highest BCUT2D eigenvalue weighted by molar-refractivity contribution is 5.79. The first-order valence-electron chi connectivity index (χ1n) is 11.4. The number of rotatable bonds is 9. The molecule has 0 atom stereocenters. The van der Waals surface area contributed by atoms with E-state index < -0.39 is 0 Å². The Hall–Kier alpha value is -1.71. The lowest BCUT2D eigenvalue weighted by Gasteiger charge is -2.28.